The van der Waals surface area contributed by atoms with Crippen LogP contribution in [0.15, 0.2) is 36.4 Å². The molecule has 3 aromatic rings. The Hall–Kier alpha value is -2.94. The fourth-order valence-electron chi connectivity index (χ4n) is 4.61. The van der Waals surface area contributed by atoms with Crippen molar-refractivity contribution in [1.82, 2.24) is 4.57 Å². The maximum Gasteiger partial charge on any atom is 0.306 e. The number of halogens is 2. The summed E-state index contributed by atoms with van der Waals surface area (Å²) >= 11 is 0. The number of ether oxygens (including phenoxy) is 1. The third-order valence-corrected chi connectivity index (χ3v) is 6.43. The molecular formula is C23H24F2N2O4S. The molecule has 0 aliphatic heterocycles. The Bertz CT molecular complexity index is 1280. The van der Waals surface area contributed by atoms with Gasteiger partial charge in [-0.3, -0.25) is 9.52 Å². The Morgan fingerprint density at radius 1 is 1.22 bits per heavy atom. The van der Waals surface area contributed by atoms with Gasteiger partial charge in [0.05, 0.1) is 25.3 Å². The molecule has 1 atom stereocenters. The van der Waals surface area contributed by atoms with E-state index in [0.29, 0.717) is 29.6 Å². The van der Waals surface area contributed by atoms with Crippen LogP contribution in [0.1, 0.15) is 42.0 Å². The predicted octanol–water partition coefficient (Wildman–Crippen LogP) is 4.32. The molecule has 1 unspecified atom stereocenters. The Morgan fingerprint density at radius 3 is 2.59 bits per heavy atom. The number of nitrogens with one attached hydrogen (secondary N) is 1. The minimum atomic E-state index is -3.40. The van der Waals surface area contributed by atoms with Crippen molar-refractivity contribution in [3.05, 3.63) is 64.9 Å². The second-order valence-electron chi connectivity index (χ2n) is 8.17. The molecule has 0 saturated heterocycles. The van der Waals surface area contributed by atoms with Gasteiger partial charge in [-0.1, -0.05) is 12.1 Å². The fraction of sp³-hybridized carbons (Fsp3) is 0.348. The Morgan fingerprint density at radius 2 is 1.94 bits per heavy atom. The number of esters is 1. The highest BCUT2D eigenvalue weighted by atomic mass is 32.2. The van der Waals surface area contributed by atoms with Crippen LogP contribution in [0.4, 0.5) is 14.5 Å². The molecule has 2 aromatic carbocycles. The number of aryl methyl sites for hydroxylation is 1. The Labute approximate surface area is 185 Å². The molecule has 0 saturated carbocycles. The zero-order valence-corrected chi connectivity index (χ0v) is 18.6. The van der Waals surface area contributed by atoms with Gasteiger partial charge < -0.3 is 9.30 Å². The van der Waals surface area contributed by atoms with Crippen LogP contribution >= 0.6 is 0 Å². The molecular weight excluding hydrogens is 438 g/mol. The first-order valence-electron chi connectivity index (χ1n) is 10.3. The number of nitrogens with zero attached hydrogens (tertiary/aromatic N) is 1. The number of methoxy groups -OCH3 is 1. The van der Waals surface area contributed by atoms with Crippen LogP contribution in [0.5, 0.6) is 0 Å². The third-order valence-electron chi connectivity index (χ3n) is 5.83. The monoisotopic (exact) mass is 462 g/mol. The SMILES string of the molecule is COC(=O)CC1CCCc2c1n(Cc1ccc(NS(C)(=O)=O)cc1)c1c(F)cc(F)cc21. The van der Waals surface area contributed by atoms with Crippen molar-refractivity contribution in [1.29, 1.82) is 0 Å². The van der Waals surface area contributed by atoms with Gasteiger partial charge in [-0.2, -0.15) is 0 Å². The molecule has 170 valence electrons. The number of hydrogen-bond acceptors (Lipinski definition) is 4. The van der Waals surface area contributed by atoms with Crippen molar-refractivity contribution in [3.63, 3.8) is 0 Å². The summed E-state index contributed by atoms with van der Waals surface area (Å²) in [5.74, 6) is -1.79. The highest BCUT2D eigenvalue weighted by Gasteiger charge is 2.31. The molecule has 0 bridgehead atoms. The van der Waals surface area contributed by atoms with Gasteiger partial charge in [0.1, 0.15) is 11.6 Å². The molecule has 1 aromatic heterocycles. The number of sulfonamides is 1. The zero-order valence-electron chi connectivity index (χ0n) is 17.8. The fourth-order valence-corrected chi connectivity index (χ4v) is 5.17. The molecule has 4 rings (SSSR count). The summed E-state index contributed by atoms with van der Waals surface area (Å²) in [6.07, 6.45) is 3.48. The van der Waals surface area contributed by atoms with Crippen LogP contribution < -0.4 is 4.72 Å². The van der Waals surface area contributed by atoms with Crippen molar-refractivity contribution in [3.8, 4) is 0 Å². The zero-order chi connectivity index (χ0) is 23.0. The standard InChI is InChI=1S/C23H24F2N2O4S/c1-31-21(28)10-15-4-3-5-18-19-11-16(24)12-20(25)23(19)27(22(15)18)13-14-6-8-17(9-7-14)26-32(2,29)30/h6-9,11-12,15,26H,3-5,10,13H2,1-2H3. The second-order valence-corrected chi connectivity index (χ2v) is 9.92. The predicted molar refractivity (Wildman–Crippen MR) is 118 cm³/mol. The molecule has 1 aliphatic rings. The molecule has 9 heteroatoms. The van der Waals surface area contributed by atoms with E-state index in [0.717, 1.165) is 42.0 Å². The maximum absolute atomic E-state index is 15.0. The second kappa shape index (κ2) is 8.54. The lowest BCUT2D eigenvalue weighted by atomic mass is 9.84. The molecule has 0 radical (unpaired) electrons. The average molecular weight is 463 g/mol. The van der Waals surface area contributed by atoms with Crippen LogP contribution in [0, 0.1) is 11.6 Å². The maximum atomic E-state index is 15.0. The first kappa shape index (κ1) is 22.3. The molecule has 6 nitrogen and oxygen atoms in total. The summed E-state index contributed by atoms with van der Waals surface area (Å²) in [7, 11) is -2.06. The molecule has 1 heterocycles. The number of anilines is 1. The van der Waals surface area contributed by atoms with Gasteiger partial charge in [0.15, 0.2) is 0 Å². The van der Waals surface area contributed by atoms with Crippen LogP contribution in [0.3, 0.4) is 0 Å². The lowest BCUT2D eigenvalue weighted by Crippen LogP contribution is -2.18. The highest BCUT2D eigenvalue weighted by molar-refractivity contribution is 7.92. The van der Waals surface area contributed by atoms with Crippen molar-refractivity contribution >= 4 is 32.6 Å². The van der Waals surface area contributed by atoms with E-state index in [4.69, 9.17) is 4.74 Å². The van der Waals surface area contributed by atoms with Crippen molar-refractivity contribution < 1.29 is 26.7 Å². The third kappa shape index (κ3) is 4.48. The number of carbonyl (C=O) groups excluding carboxylic acids is 1. The van der Waals surface area contributed by atoms with Crippen molar-refractivity contribution in [2.24, 2.45) is 0 Å². The number of aromatic nitrogens is 1. The number of benzene rings is 2. The summed E-state index contributed by atoms with van der Waals surface area (Å²) < 4.78 is 61.0. The van der Waals surface area contributed by atoms with Gasteiger partial charge in [0, 0.05) is 35.3 Å². The summed E-state index contributed by atoms with van der Waals surface area (Å²) in [5, 5.41) is 0.530. The first-order valence-corrected chi connectivity index (χ1v) is 12.2. The number of carbonyl (C=O) groups is 1. The smallest absolute Gasteiger partial charge is 0.306 e. The summed E-state index contributed by atoms with van der Waals surface area (Å²) in [6.45, 7) is 0.297. The van der Waals surface area contributed by atoms with Gasteiger partial charge >= 0.3 is 5.97 Å². The first-order chi connectivity index (χ1) is 15.2. The molecule has 0 spiro atoms. The number of rotatable bonds is 6. The average Bonchev–Trinajstić information content (AvgIpc) is 3.03. The van der Waals surface area contributed by atoms with E-state index in [2.05, 4.69) is 4.72 Å². The van der Waals surface area contributed by atoms with Gasteiger partial charge in [-0.05, 0) is 48.6 Å². The number of hydrogen-bond donors (Lipinski definition) is 1. The van der Waals surface area contributed by atoms with E-state index >= 15 is 0 Å². The van der Waals surface area contributed by atoms with Crippen LogP contribution in [0.2, 0.25) is 0 Å². The molecule has 0 fully saturated rings. The van der Waals surface area contributed by atoms with Crippen LogP contribution in [0.25, 0.3) is 10.9 Å². The largest absolute Gasteiger partial charge is 0.469 e. The topological polar surface area (TPSA) is 77.4 Å². The summed E-state index contributed by atoms with van der Waals surface area (Å²) in [5.41, 5.74) is 3.25. The highest BCUT2D eigenvalue weighted by Crippen LogP contribution is 2.41. The van der Waals surface area contributed by atoms with Gasteiger partial charge in [0.2, 0.25) is 10.0 Å². The van der Waals surface area contributed by atoms with E-state index in [1.807, 2.05) is 4.57 Å². The van der Waals surface area contributed by atoms with E-state index in [1.54, 1.807) is 24.3 Å². The minimum Gasteiger partial charge on any atom is -0.469 e. The Balaban J connectivity index is 1.81. The quantitative estimate of drug-likeness (QED) is 0.554. The normalized spacial score (nSPS) is 16.1. The van der Waals surface area contributed by atoms with E-state index < -0.39 is 21.7 Å². The van der Waals surface area contributed by atoms with E-state index in [9.17, 15) is 22.0 Å². The van der Waals surface area contributed by atoms with Crippen LogP contribution in [-0.2, 0) is 32.5 Å². The molecule has 32 heavy (non-hydrogen) atoms. The lowest BCUT2D eigenvalue weighted by Gasteiger charge is -2.25. The van der Waals surface area contributed by atoms with Gasteiger partial charge in [-0.15, -0.1) is 0 Å². The molecule has 1 aliphatic carbocycles. The lowest BCUT2D eigenvalue weighted by molar-refractivity contribution is -0.141. The summed E-state index contributed by atoms with van der Waals surface area (Å²) in [4.78, 5) is 12.0. The van der Waals surface area contributed by atoms with Crippen molar-refractivity contribution in [2.75, 3.05) is 18.1 Å². The molecule has 1 N–H and O–H groups in total. The molecule has 0 amide bonds. The number of fused-ring (bicyclic) bond motifs is 3. The Kier molecular flexibility index (Phi) is 5.94. The van der Waals surface area contributed by atoms with Crippen molar-refractivity contribution in [2.45, 2.75) is 38.1 Å². The summed E-state index contributed by atoms with van der Waals surface area (Å²) in [6, 6.07) is 9.01. The van der Waals surface area contributed by atoms with E-state index in [1.165, 1.54) is 13.2 Å². The van der Waals surface area contributed by atoms with Gasteiger partial charge in [0.25, 0.3) is 0 Å². The van der Waals surface area contributed by atoms with Gasteiger partial charge in [-0.25, -0.2) is 17.2 Å². The van der Waals surface area contributed by atoms with Crippen LogP contribution in [-0.4, -0.2) is 32.3 Å². The minimum absolute atomic E-state index is 0.160. The van der Waals surface area contributed by atoms with E-state index in [-0.39, 0.29) is 18.3 Å².